The van der Waals surface area contributed by atoms with E-state index >= 15 is 0 Å². The van der Waals surface area contributed by atoms with Crippen LogP contribution >= 0.6 is 0 Å². The lowest BCUT2D eigenvalue weighted by Gasteiger charge is -2.46. The van der Waals surface area contributed by atoms with E-state index in [1.54, 1.807) is 12.1 Å². The van der Waals surface area contributed by atoms with Gasteiger partial charge >= 0.3 is 5.97 Å². The number of ether oxygens (including phenoxy) is 2. The first-order valence-electron chi connectivity index (χ1n) is 15.0. The maximum absolute atomic E-state index is 13.8. The van der Waals surface area contributed by atoms with Gasteiger partial charge < -0.3 is 41.0 Å². The van der Waals surface area contributed by atoms with Crippen LogP contribution in [0.5, 0.6) is 11.5 Å². The van der Waals surface area contributed by atoms with Gasteiger partial charge in [-0.3, -0.25) is 19.2 Å². The van der Waals surface area contributed by atoms with Crippen LogP contribution in [0.4, 0.5) is 0 Å². The molecule has 2 aromatic rings. The third-order valence-corrected chi connectivity index (χ3v) is 9.25. The normalized spacial score (nSPS) is 23.1. The number of carbonyl (C=O) groups excluding carboxylic acids is 4. The van der Waals surface area contributed by atoms with E-state index in [4.69, 9.17) is 15.2 Å². The van der Waals surface area contributed by atoms with Crippen molar-refractivity contribution in [3.63, 3.8) is 0 Å². The molecule has 1 amide bonds. The molecule has 3 unspecified atom stereocenters. The number of methoxy groups -OCH3 is 2. The number of nitrogens with one attached hydrogen (secondary N) is 1. The fraction of sp³-hybridized carbons (Fsp3) is 0.412. The summed E-state index contributed by atoms with van der Waals surface area (Å²) in [6.45, 7) is 4.35. The molecule has 12 nitrogen and oxygen atoms in total. The number of aromatic hydroxyl groups is 1. The summed E-state index contributed by atoms with van der Waals surface area (Å²) >= 11 is 0. The molecule has 0 aromatic heterocycles. The van der Waals surface area contributed by atoms with E-state index in [0.717, 1.165) is 5.56 Å². The van der Waals surface area contributed by atoms with Crippen molar-refractivity contribution in [3.05, 3.63) is 63.9 Å². The first-order chi connectivity index (χ1) is 21.7. The molecule has 1 saturated carbocycles. The van der Waals surface area contributed by atoms with Crippen LogP contribution in [-0.4, -0.2) is 69.7 Å². The summed E-state index contributed by atoms with van der Waals surface area (Å²) in [5, 5.41) is 48.0. The third kappa shape index (κ3) is 5.31. The van der Waals surface area contributed by atoms with Gasteiger partial charge in [-0.1, -0.05) is 26.0 Å². The van der Waals surface area contributed by atoms with E-state index < -0.39 is 64.5 Å². The average Bonchev–Trinajstić information content (AvgIpc) is 3.00. The Bertz CT molecular complexity index is 1710. The maximum Gasteiger partial charge on any atom is 0.322 e. The molecule has 12 heteroatoms. The first kappa shape index (κ1) is 32.7. The summed E-state index contributed by atoms with van der Waals surface area (Å²) in [5.74, 6) is -6.49. The van der Waals surface area contributed by atoms with Crippen LogP contribution in [0.3, 0.4) is 0 Å². The van der Waals surface area contributed by atoms with Crippen molar-refractivity contribution in [2.45, 2.75) is 57.7 Å². The van der Waals surface area contributed by atoms with Crippen LogP contribution < -0.4 is 15.8 Å². The number of nitrogens with two attached hydrogens (primary N) is 1. The molecule has 3 aliphatic rings. The number of phenolic OH excluding ortho intramolecular Hbond substituents is 1. The van der Waals surface area contributed by atoms with Crippen LogP contribution in [0.2, 0.25) is 0 Å². The molecule has 0 spiro atoms. The van der Waals surface area contributed by atoms with Crippen molar-refractivity contribution in [1.82, 2.24) is 5.32 Å². The quantitative estimate of drug-likeness (QED) is 0.175. The molecule has 5 rings (SSSR count). The Morgan fingerprint density at radius 1 is 1.07 bits per heavy atom. The van der Waals surface area contributed by atoms with Crippen molar-refractivity contribution >= 4 is 29.2 Å². The Morgan fingerprint density at radius 3 is 2.41 bits per heavy atom. The second kappa shape index (κ2) is 12.3. The highest BCUT2D eigenvalue weighted by atomic mass is 16.5. The standard InChI is InChI=1S/C34H38N2O10/c1-15(2)9-22(33(43)46-4)36-14-16-5-8-25(45-3)20(10-16)19-6-7-23(37)27-21(19)12-17-11-18-13-24(38)28(32(35)42)31(41)34(18,44)30(40)26(17)29(27)39/h5-8,10,15,17-18,22,36-37,39,41,44H,9,11-14H2,1-4H3,(H2,35,42)/t17?,18?,22?,34-/m0/s1. The molecule has 0 saturated heterocycles. The maximum atomic E-state index is 13.8. The predicted octanol–water partition coefficient (Wildman–Crippen LogP) is 2.78. The minimum Gasteiger partial charge on any atom is -0.508 e. The van der Waals surface area contributed by atoms with E-state index in [1.807, 2.05) is 26.0 Å². The third-order valence-electron chi connectivity index (χ3n) is 9.25. The topological polar surface area (TPSA) is 206 Å². The lowest BCUT2D eigenvalue weighted by Crippen LogP contribution is -2.58. The highest BCUT2D eigenvalue weighted by Gasteiger charge is 2.60. The van der Waals surface area contributed by atoms with Gasteiger partial charge in [-0.2, -0.15) is 0 Å². The number of carbonyl (C=O) groups is 4. The van der Waals surface area contributed by atoms with Crippen molar-refractivity contribution in [2.24, 2.45) is 23.5 Å². The summed E-state index contributed by atoms with van der Waals surface area (Å²) in [4.78, 5) is 50.8. The van der Waals surface area contributed by atoms with Crippen molar-refractivity contribution in [2.75, 3.05) is 14.2 Å². The molecule has 0 bridgehead atoms. The Hall–Kier alpha value is -4.68. The number of amides is 1. The second-order valence-electron chi connectivity index (χ2n) is 12.5. The Kier molecular flexibility index (Phi) is 8.71. The van der Waals surface area contributed by atoms with Crippen molar-refractivity contribution < 1.29 is 49.1 Å². The predicted molar refractivity (Wildman–Crippen MR) is 165 cm³/mol. The van der Waals surface area contributed by atoms with E-state index in [2.05, 4.69) is 5.32 Å². The fourth-order valence-electron chi connectivity index (χ4n) is 7.07. The van der Waals surface area contributed by atoms with Crippen LogP contribution in [0.25, 0.3) is 16.9 Å². The lowest BCUT2D eigenvalue weighted by atomic mass is 9.59. The monoisotopic (exact) mass is 634 g/mol. The van der Waals surface area contributed by atoms with Gasteiger partial charge in [0.15, 0.2) is 11.4 Å². The molecule has 0 radical (unpaired) electrons. The molecular formula is C34H38N2O10. The zero-order chi connectivity index (χ0) is 33.7. The van der Waals surface area contributed by atoms with Crippen molar-refractivity contribution in [1.29, 1.82) is 0 Å². The number of phenols is 1. The molecule has 46 heavy (non-hydrogen) atoms. The van der Waals surface area contributed by atoms with Gasteiger partial charge in [-0.25, -0.2) is 0 Å². The van der Waals surface area contributed by atoms with Gasteiger partial charge in [-0.15, -0.1) is 0 Å². The summed E-state index contributed by atoms with van der Waals surface area (Å²) < 4.78 is 10.6. The van der Waals surface area contributed by atoms with Gasteiger partial charge in [0.1, 0.15) is 34.6 Å². The van der Waals surface area contributed by atoms with Gasteiger partial charge in [0.2, 0.25) is 5.78 Å². The van der Waals surface area contributed by atoms with Crippen molar-refractivity contribution in [3.8, 4) is 22.6 Å². The van der Waals surface area contributed by atoms with Gasteiger partial charge in [0, 0.05) is 30.0 Å². The molecular weight excluding hydrogens is 596 g/mol. The number of aliphatic hydroxyl groups excluding tert-OH is 2. The fourth-order valence-corrected chi connectivity index (χ4v) is 7.07. The minimum atomic E-state index is -2.63. The number of esters is 1. The van der Waals surface area contributed by atoms with Crippen LogP contribution in [0.15, 0.2) is 47.2 Å². The number of primary amides is 1. The summed E-state index contributed by atoms with van der Waals surface area (Å²) in [7, 11) is 2.85. The Balaban J connectivity index is 1.58. The number of ketones is 2. The molecule has 1 fully saturated rings. The average molecular weight is 635 g/mol. The smallest absolute Gasteiger partial charge is 0.322 e. The molecule has 3 aliphatic carbocycles. The lowest BCUT2D eigenvalue weighted by molar-refractivity contribution is -0.147. The molecule has 2 aromatic carbocycles. The summed E-state index contributed by atoms with van der Waals surface area (Å²) in [6, 6.07) is 8.03. The number of aliphatic hydroxyl groups is 3. The van der Waals surface area contributed by atoms with E-state index in [0.29, 0.717) is 35.4 Å². The van der Waals surface area contributed by atoms with Gasteiger partial charge in [0.25, 0.3) is 5.91 Å². The first-order valence-corrected chi connectivity index (χ1v) is 15.0. The summed E-state index contributed by atoms with van der Waals surface area (Å²) in [6.07, 6.45) is 0.335. The largest absolute Gasteiger partial charge is 0.508 e. The zero-order valence-corrected chi connectivity index (χ0v) is 26.0. The number of hydrogen-bond donors (Lipinski definition) is 6. The minimum absolute atomic E-state index is 0.0158. The number of rotatable bonds is 9. The molecule has 7 N–H and O–H groups in total. The SMILES string of the molecule is COC(=O)C(CC(C)C)NCc1ccc(OC)c(-c2ccc(O)c3c2CC2CC4CC(=O)C(C(N)=O)=C(O)[C@@]4(O)C(=O)C2=C3O)c1. The summed E-state index contributed by atoms with van der Waals surface area (Å²) in [5.41, 5.74) is 4.13. The zero-order valence-electron chi connectivity index (χ0n) is 26.0. The molecule has 0 aliphatic heterocycles. The Labute approximate surface area is 265 Å². The number of fused-ring (bicyclic) bond motifs is 3. The van der Waals surface area contributed by atoms with E-state index in [-0.39, 0.29) is 41.6 Å². The van der Waals surface area contributed by atoms with Crippen LogP contribution in [0.1, 0.15) is 49.8 Å². The number of benzene rings is 2. The Morgan fingerprint density at radius 2 is 1.78 bits per heavy atom. The molecule has 4 atom stereocenters. The van der Waals surface area contributed by atoms with Crippen LogP contribution in [-0.2, 0) is 36.9 Å². The van der Waals surface area contributed by atoms with Gasteiger partial charge in [0.05, 0.1) is 19.8 Å². The highest BCUT2D eigenvalue weighted by Crippen LogP contribution is 2.53. The molecule has 244 valence electrons. The second-order valence-corrected chi connectivity index (χ2v) is 12.5. The van der Waals surface area contributed by atoms with E-state index in [9.17, 15) is 39.6 Å². The van der Waals surface area contributed by atoms with E-state index in [1.165, 1.54) is 20.3 Å². The van der Waals surface area contributed by atoms with Gasteiger partial charge in [-0.05, 0) is 66.0 Å². The number of Topliss-reactive ketones (excluding diaryl/α,β-unsaturated/α-hetero) is 2. The highest BCUT2D eigenvalue weighted by molar-refractivity contribution is 6.22. The van der Waals surface area contributed by atoms with Crippen LogP contribution in [0, 0.1) is 17.8 Å². The molecule has 0 heterocycles. The number of hydrogen-bond acceptors (Lipinski definition) is 11.